The largest absolute Gasteiger partial charge is 0.265 e. The molecule has 0 saturated carbocycles. The molecule has 1 aromatic heterocycles. The Morgan fingerprint density at radius 1 is 1.00 bits per heavy atom. The number of rotatable bonds is 3. The van der Waals surface area contributed by atoms with Gasteiger partial charge in [-0.2, -0.15) is 10.2 Å². The van der Waals surface area contributed by atoms with Gasteiger partial charge in [-0.05, 0) is 42.0 Å². The highest BCUT2D eigenvalue weighted by atomic mass is 79.9. The summed E-state index contributed by atoms with van der Waals surface area (Å²) in [7, 11) is 0. The molecule has 0 atom stereocenters. The first-order valence-corrected chi connectivity index (χ1v) is 5.66. The second-order valence-electron chi connectivity index (χ2n) is 3.23. The fourth-order valence-corrected chi connectivity index (χ4v) is 1.46. The van der Waals surface area contributed by atoms with Crippen molar-refractivity contribution in [1.29, 1.82) is 0 Å². The molecule has 1 heterocycles. The van der Waals surface area contributed by atoms with Crippen molar-refractivity contribution in [3.8, 4) is 0 Å². The summed E-state index contributed by atoms with van der Waals surface area (Å²) in [6.07, 6.45) is 3.51. The molecule has 80 valence electrons. The lowest BCUT2D eigenvalue weighted by Gasteiger charge is -1.94. The molecule has 16 heavy (non-hydrogen) atoms. The minimum absolute atomic E-state index is 0.582. The first-order chi connectivity index (χ1) is 7.84. The highest BCUT2D eigenvalue weighted by Crippen LogP contribution is 2.17. The van der Waals surface area contributed by atoms with Crippen LogP contribution in [0.25, 0.3) is 0 Å². The Bertz CT molecular complexity index is 465. The number of pyridine rings is 1. The van der Waals surface area contributed by atoms with Gasteiger partial charge >= 0.3 is 0 Å². The van der Waals surface area contributed by atoms with E-state index < -0.39 is 0 Å². The first kappa shape index (κ1) is 11.0. The Balaban J connectivity index is 1.98. The third-order valence-corrected chi connectivity index (χ3v) is 2.54. The standard InChI is InChI=1S/C12H10BrN3/c13-11-1-3-12(4-2-11)16-15-9-10-5-7-14-8-6-10/h1-8H,9H2. The van der Waals surface area contributed by atoms with Crippen LogP contribution < -0.4 is 0 Å². The Morgan fingerprint density at radius 2 is 1.69 bits per heavy atom. The Morgan fingerprint density at radius 3 is 2.38 bits per heavy atom. The molecule has 0 amide bonds. The van der Waals surface area contributed by atoms with Gasteiger partial charge in [-0.15, -0.1) is 0 Å². The van der Waals surface area contributed by atoms with Crippen molar-refractivity contribution in [3.05, 3.63) is 58.8 Å². The molecule has 0 unspecified atom stereocenters. The zero-order chi connectivity index (χ0) is 11.2. The zero-order valence-corrected chi connectivity index (χ0v) is 10.1. The topological polar surface area (TPSA) is 37.6 Å². The Kier molecular flexibility index (Phi) is 3.77. The lowest BCUT2D eigenvalue weighted by molar-refractivity contribution is 0.955. The summed E-state index contributed by atoms with van der Waals surface area (Å²) in [6, 6.07) is 11.6. The number of aromatic nitrogens is 1. The van der Waals surface area contributed by atoms with Gasteiger partial charge in [0.1, 0.15) is 0 Å². The smallest absolute Gasteiger partial charge is 0.0854 e. The van der Waals surface area contributed by atoms with Gasteiger partial charge in [0, 0.05) is 16.9 Å². The molecule has 0 saturated heterocycles. The Labute approximate surface area is 102 Å². The summed E-state index contributed by atoms with van der Waals surface area (Å²) in [5, 5.41) is 8.25. The van der Waals surface area contributed by atoms with E-state index in [4.69, 9.17) is 0 Å². The van der Waals surface area contributed by atoms with E-state index in [1.807, 2.05) is 36.4 Å². The predicted molar refractivity (Wildman–Crippen MR) is 66.6 cm³/mol. The molecule has 1 aromatic carbocycles. The quantitative estimate of drug-likeness (QED) is 0.777. The van der Waals surface area contributed by atoms with Crippen LogP contribution in [0.4, 0.5) is 5.69 Å². The highest BCUT2D eigenvalue weighted by Gasteiger charge is 1.90. The summed E-state index contributed by atoms with van der Waals surface area (Å²) in [6.45, 7) is 0.582. The summed E-state index contributed by atoms with van der Waals surface area (Å²) in [5.41, 5.74) is 1.97. The van der Waals surface area contributed by atoms with Gasteiger partial charge in [0.2, 0.25) is 0 Å². The van der Waals surface area contributed by atoms with Crippen LogP contribution in [0.15, 0.2) is 63.5 Å². The summed E-state index contributed by atoms with van der Waals surface area (Å²) in [5.74, 6) is 0. The van der Waals surface area contributed by atoms with E-state index in [9.17, 15) is 0 Å². The minimum atomic E-state index is 0.582. The van der Waals surface area contributed by atoms with Crippen LogP contribution >= 0.6 is 15.9 Å². The van der Waals surface area contributed by atoms with E-state index in [0.717, 1.165) is 15.7 Å². The van der Waals surface area contributed by atoms with Crippen molar-refractivity contribution in [2.24, 2.45) is 10.2 Å². The minimum Gasteiger partial charge on any atom is -0.265 e. The predicted octanol–water partition coefficient (Wildman–Crippen LogP) is 4.13. The summed E-state index contributed by atoms with van der Waals surface area (Å²) in [4.78, 5) is 3.94. The van der Waals surface area contributed by atoms with Crippen LogP contribution in [0, 0.1) is 0 Å². The monoisotopic (exact) mass is 275 g/mol. The van der Waals surface area contributed by atoms with Gasteiger partial charge in [0.15, 0.2) is 0 Å². The van der Waals surface area contributed by atoms with E-state index in [-0.39, 0.29) is 0 Å². The van der Waals surface area contributed by atoms with Crippen LogP contribution in [0.2, 0.25) is 0 Å². The maximum atomic E-state index is 4.13. The molecule has 0 radical (unpaired) electrons. The van der Waals surface area contributed by atoms with Crippen molar-refractivity contribution in [1.82, 2.24) is 4.98 Å². The number of benzene rings is 1. The van der Waals surface area contributed by atoms with Gasteiger partial charge in [-0.25, -0.2) is 0 Å². The number of azo groups is 1. The van der Waals surface area contributed by atoms with Crippen molar-refractivity contribution < 1.29 is 0 Å². The molecule has 0 fully saturated rings. The lowest BCUT2D eigenvalue weighted by Crippen LogP contribution is -1.79. The maximum absolute atomic E-state index is 4.13. The Hall–Kier alpha value is -1.55. The molecule has 0 aliphatic rings. The van der Waals surface area contributed by atoms with E-state index in [1.54, 1.807) is 12.4 Å². The molecular formula is C12H10BrN3. The fraction of sp³-hybridized carbons (Fsp3) is 0.0833. The maximum Gasteiger partial charge on any atom is 0.0854 e. The average molecular weight is 276 g/mol. The van der Waals surface area contributed by atoms with Crippen LogP contribution in [-0.2, 0) is 6.54 Å². The SMILES string of the molecule is Brc1ccc(N=NCc2ccncc2)cc1. The average Bonchev–Trinajstić information content (AvgIpc) is 2.33. The van der Waals surface area contributed by atoms with Gasteiger partial charge < -0.3 is 0 Å². The first-order valence-electron chi connectivity index (χ1n) is 4.86. The molecule has 4 heteroatoms. The third kappa shape index (κ3) is 3.24. The zero-order valence-electron chi connectivity index (χ0n) is 8.55. The number of hydrogen-bond donors (Lipinski definition) is 0. The van der Waals surface area contributed by atoms with Gasteiger partial charge in [-0.1, -0.05) is 15.9 Å². The van der Waals surface area contributed by atoms with E-state index >= 15 is 0 Å². The molecule has 2 rings (SSSR count). The number of nitrogens with zero attached hydrogens (tertiary/aromatic N) is 3. The third-order valence-electron chi connectivity index (χ3n) is 2.02. The molecule has 0 spiro atoms. The fourth-order valence-electron chi connectivity index (χ4n) is 1.19. The number of halogens is 1. The summed E-state index contributed by atoms with van der Waals surface area (Å²) >= 11 is 3.37. The number of hydrogen-bond acceptors (Lipinski definition) is 3. The normalized spacial score (nSPS) is 10.8. The van der Waals surface area contributed by atoms with Crippen LogP contribution in [0.5, 0.6) is 0 Å². The molecule has 3 nitrogen and oxygen atoms in total. The lowest BCUT2D eigenvalue weighted by atomic mass is 10.3. The summed E-state index contributed by atoms with van der Waals surface area (Å²) < 4.78 is 1.04. The second-order valence-corrected chi connectivity index (χ2v) is 4.15. The molecule has 0 aliphatic carbocycles. The van der Waals surface area contributed by atoms with E-state index in [0.29, 0.717) is 6.54 Å². The molecular weight excluding hydrogens is 266 g/mol. The molecule has 0 bridgehead atoms. The van der Waals surface area contributed by atoms with Crippen LogP contribution in [0.3, 0.4) is 0 Å². The van der Waals surface area contributed by atoms with Gasteiger partial charge in [-0.3, -0.25) is 4.98 Å². The second kappa shape index (κ2) is 5.51. The molecule has 2 aromatic rings. The van der Waals surface area contributed by atoms with Crippen LogP contribution in [-0.4, -0.2) is 4.98 Å². The van der Waals surface area contributed by atoms with Gasteiger partial charge in [0.25, 0.3) is 0 Å². The van der Waals surface area contributed by atoms with Crippen molar-refractivity contribution in [2.75, 3.05) is 0 Å². The molecule has 0 aliphatic heterocycles. The van der Waals surface area contributed by atoms with Crippen molar-refractivity contribution in [3.63, 3.8) is 0 Å². The van der Waals surface area contributed by atoms with E-state index in [2.05, 4.69) is 31.1 Å². The van der Waals surface area contributed by atoms with Crippen molar-refractivity contribution >= 4 is 21.6 Å². The van der Waals surface area contributed by atoms with Crippen LogP contribution in [0.1, 0.15) is 5.56 Å². The van der Waals surface area contributed by atoms with E-state index in [1.165, 1.54) is 0 Å². The van der Waals surface area contributed by atoms with Crippen molar-refractivity contribution in [2.45, 2.75) is 6.54 Å². The highest BCUT2D eigenvalue weighted by molar-refractivity contribution is 9.10. The van der Waals surface area contributed by atoms with Gasteiger partial charge in [0.05, 0.1) is 12.2 Å². The molecule has 0 N–H and O–H groups in total.